The molecule has 1 fully saturated rings. The molecule has 1 saturated carbocycles. The molecule has 1 aliphatic rings. The van der Waals surface area contributed by atoms with Gasteiger partial charge in [-0.05, 0) is 31.0 Å². The van der Waals surface area contributed by atoms with E-state index < -0.39 is 11.9 Å². The van der Waals surface area contributed by atoms with Gasteiger partial charge in [0.15, 0.2) is 0 Å². The third kappa shape index (κ3) is 2.71. The van der Waals surface area contributed by atoms with Crippen LogP contribution in [-0.2, 0) is 6.18 Å². The van der Waals surface area contributed by atoms with Crippen molar-refractivity contribution in [3.63, 3.8) is 0 Å². The van der Waals surface area contributed by atoms with Gasteiger partial charge in [0.2, 0.25) is 5.88 Å². The third-order valence-electron chi connectivity index (χ3n) is 3.55. The number of ether oxygens (including phenoxy) is 1. The highest BCUT2D eigenvalue weighted by Crippen LogP contribution is 2.42. The van der Waals surface area contributed by atoms with Gasteiger partial charge in [-0.25, -0.2) is 4.98 Å². The Morgan fingerprint density at radius 1 is 1.13 bits per heavy atom. The molecule has 0 aliphatic heterocycles. The quantitative estimate of drug-likeness (QED) is 0.719. The van der Waals surface area contributed by atoms with Crippen molar-refractivity contribution >= 4 is 11.1 Å². The fourth-order valence-corrected chi connectivity index (χ4v) is 2.27. The Balaban J connectivity index is 1.57. The predicted molar refractivity (Wildman–Crippen MR) is 73.1 cm³/mol. The third-order valence-corrected chi connectivity index (χ3v) is 3.55. The molecule has 4 rings (SSSR count). The summed E-state index contributed by atoms with van der Waals surface area (Å²) in [7, 11) is 0. The fraction of sp³-hybridized carbons (Fsp3) is 0.267. The molecule has 23 heavy (non-hydrogen) atoms. The van der Waals surface area contributed by atoms with Crippen LogP contribution in [0.1, 0.15) is 30.1 Å². The lowest BCUT2D eigenvalue weighted by molar-refractivity contribution is -0.141. The van der Waals surface area contributed by atoms with Crippen molar-refractivity contribution in [2.75, 3.05) is 0 Å². The highest BCUT2D eigenvalue weighted by Gasteiger charge is 2.32. The van der Waals surface area contributed by atoms with Gasteiger partial charge in [-0.15, -0.1) is 0 Å². The van der Waals surface area contributed by atoms with Crippen molar-refractivity contribution in [2.24, 2.45) is 0 Å². The lowest BCUT2D eigenvalue weighted by Crippen LogP contribution is -2.07. The number of fused-ring (bicyclic) bond motifs is 1. The molecule has 1 aliphatic carbocycles. The van der Waals surface area contributed by atoms with E-state index in [1.54, 1.807) is 12.1 Å². The zero-order chi connectivity index (χ0) is 16.0. The van der Waals surface area contributed by atoms with Gasteiger partial charge in [-0.1, -0.05) is 5.16 Å². The summed E-state index contributed by atoms with van der Waals surface area (Å²) in [5.74, 6) is 0.799. The summed E-state index contributed by atoms with van der Waals surface area (Å²) in [5.41, 5.74) is 0.275. The van der Waals surface area contributed by atoms with Crippen molar-refractivity contribution in [2.45, 2.75) is 24.9 Å². The summed E-state index contributed by atoms with van der Waals surface area (Å²) in [6, 6.07) is 5.47. The van der Waals surface area contributed by atoms with E-state index in [9.17, 15) is 13.2 Å². The molecule has 5 nitrogen and oxygen atoms in total. The molecule has 0 N–H and O–H groups in total. The van der Waals surface area contributed by atoms with Crippen LogP contribution in [0.15, 0.2) is 35.0 Å². The number of halogens is 3. The molecule has 3 aromatic heterocycles. The second-order valence-corrected chi connectivity index (χ2v) is 5.32. The van der Waals surface area contributed by atoms with Gasteiger partial charge in [0, 0.05) is 12.0 Å². The molecular weight excluding hydrogens is 311 g/mol. The Labute approximate surface area is 128 Å². The summed E-state index contributed by atoms with van der Waals surface area (Å²) in [6.07, 6.45) is -1.28. The smallest absolute Gasteiger partial charge is 0.433 e. The molecule has 0 unspecified atom stereocenters. The van der Waals surface area contributed by atoms with Gasteiger partial charge < -0.3 is 9.26 Å². The molecule has 8 heteroatoms. The maximum atomic E-state index is 12.5. The van der Waals surface area contributed by atoms with Gasteiger partial charge in [-0.3, -0.25) is 0 Å². The number of alkyl halides is 3. The lowest BCUT2D eigenvalue weighted by Gasteiger charge is -2.07. The molecule has 0 amide bonds. The van der Waals surface area contributed by atoms with Gasteiger partial charge in [0.25, 0.3) is 5.71 Å². The van der Waals surface area contributed by atoms with Crippen molar-refractivity contribution in [1.29, 1.82) is 0 Å². The number of aromatic nitrogens is 3. The van der Waals surface area contributed by atoms with Gasteiger partial charge in [0.1, 0.15) is 11.4 Å². The molecular formula is C15H10F3N3O2. The van der Waals surface area contributed by atoms with Crippen LogP contribution in [-0.4, -0.2) is 15.1 Å². The zero-order valence-electron chi connectivity index (χ0n) is 11.7. The van der Waals surface area contributed by atoms with E-state index in [1.807, 2.05) is 0 Å². The van der Waals surface area contributed by atoms with Crippen molar-refractivity contribution < 1.29 is 22.4 Å². The first-order valence-corrected chi connectivity index (χ1v) is 6.98. The van der Waals surface area contributed by atoms with Crippen LogP contribution in [0, 0.1) is 0 Å². The van der Waals surface area contributed by atoms with E-state index >= 15 is 0 Å². The minimum Gasteiger partial charge on any atom is -0.437 e. The van der Waals surface area contributed by atoms with Crippen molar-refractivity contribution in [3.8, 4) is 11.6 Å². The minimum absolute atomic E-state index is 0.159. The monoisotopic (exact) mass is 321 g/mol. The van der Waals surface area contributed by atoms with E-state index in [0.29, 0.717) is 11.6 Å². The molecule has 0 aromatic carbocycles. The summed E-state index contributed by atoms with van der Waals surface area (Å²) in [5, 5.41) is 4.85. The Kier molecular flexibility index (Phi) is 3.00. The van der Waals surface area contributed by atoms with E-state index in [4.69, 9.17) is 9.26 Å². The first-order valence-electron chi connectivity index (χ1n) is 6.98. The summed E-state index contributed by atoms with van der Waals surface area (Å²) in [6.45, 7) is 0. The molecule has 3 aromatic rings. The topological polar surface area (TPSA) is 61.0 Å². The van der Waals surface area contributed by atoms with Crippen LogP contribution in [0.25, 0.3) is 11.1 Å². The first-order chi connectivity index (χ1) is 11.0. The number of rotatable bonds is 3. The fourth-order valence-electron chi connectivity index (χ4n) is 2.27. The summed E-state index contributed by atoms with van der Waals surface area (Å²) in [4.78, 5) is 7.50. The number of hydrogen-bond donors (Lipinski definition) is 0. The molecule has 3 heterocycles. The maximum Gasteiger partial charge on any atom is 0.433 e. The SMILES string of the molecule is FC(F)(F)c1ccc(Oc2ccc3c(C4CC4)noc3n2)cn1. The molecule has 0 atom stereocenters. The van der Waals surface area contributed by atoms with E-state index in [2.05, 4.69) is 15.1 Å². The number of nitrogens with zero attached hydrogens (tertiary/aromatic N) is 3. The number of hydrogen-bond acceptors (Lipinski definition) is 5. The zero-order valence-corrected chi connectivity index (χ0v) is 11.7. The Morgan fingerprint density at radius 3 is 2.61 bits per heavy atom. The van der Waals surface area contributed by atoms with Crippen LogP contribution >= 0.6 is 0 Å². The molecule has 0 spiro atoms. The van der Waals surface area contributed by atoms with E-state index in [-0.39, 0.29) is 11.6 Å². The van der Waals surface area contributed by atoms with Gasteiger partial charge in [0.05, 0.1) is 17.3 Å². The normalized spacial score (nSPS) is 15.1. The van der Waals surface area contributed by atoms with Gasteiger partial charge >= 0.3 is 6.18 Å². The highest BCUT2D eigenvalue weighted by molar-refractivity contribution is 5.77. The van der Waals surface area contributed by atoms with E-state index in [0.717, 1.165) is 36.2 Å². The van der Waals surface area contributed by atoms with Crippen LogP contribution in [0.2, 0.25) is 0 Å². The standard InChI is InChI=1S/C15H10F3N3O2/c16-15(17,18)11-5-3-9(7-19-11)22-12-6-4-10-13(8-1-2-8)21-23-14(10)20-12/h3-8H,1-2H2. The average molecular weight is 321 g/mol. The van der Waals surface area contributed by atoms with Crippen LogP contribution in [0.4, 0.5) is 13.2 Å². The number of pyridine rings is 2. The minimum atomic E-state index is -4.48. The van der Waals surface area contributed by atoms with Gasteiger partial charge in [-0.2, -0.15) is 18.2 Å². The van der Waals surface area contributed by atoms with Crippen LogP contribution in [0.3, 0.4) is 0 Å². The Morgan fingerprint density at radius 2 is 1.96 bits per heavy atom. The largest absolute Gasteiger partial charge is 0.437 e. The van der Waals surface area contributed by atoms with Crippen molar-refractivity contribution in [3.05, 3.63) is 41.9 Å². The summed E-state index contributed by atoms with van der Waals surface area (Å²) >= 11 is 0. The molecule has 0 saturated heterocycles. The second kappa shape index (κ2) is 4.94. The van der Waals surface area contributed by atoms with E-state index in [1.165, 1.54) is 6.07 Å². The average Bonchev–Trinajstić information content (AvgIpc) is 3.27. The van der Waals surface area contributed by atoms with Crippen LogP contribution < -0.4 is 4.74 Å². The Bertz CT molecular complexity index is 855. The lowest BCUT2D eigenvalue weighted by atomic mass is 10.2. The molecule has 118 valence electrons. The molecule has 0 radical (unpaired) electrons. The highest BCUT2D eigenvalue weighted by atomic mass is 19.4. The predicted octanol–water partition coefficient (Wildman–Crippen LogP) is 4.31. The second-order valence-electron chi connectivity index (χ2n) is 5.32. The molecule has 0 bridgehead atoms. The first kappa shape index (κ1) is 14.0. The maximum absolute atomic E-state index is 12.5. The van der Waals surface area contributed by atoms with Crippen molar-refractivity contribution in [1.82, 2.24) is 15.1 Å². The Hall–Kier alpha value is -2.64. The summed E-state index contributed by atoms with van der Waals surface area (Å²) < 4.78 is 48.0. The van der Waals surface area contributed by atoms with Crippen LogP contribution in [0.5, 0.6) is 11.6 Å².